The van der Waals surface area contributed by atoms with E-state index in [4.69, 9.17) is 0 Å². The predicted octanol–water partition coefficient (Wildman–Crippen LogP) is 0.612. The van der Waals surface area contributed by atoms with E-state index in [1.807, 2.05) is 4.58 Å². The van der Waals surface area contributed by atoms with Crippen LogP contribution in [0.4, 0.5) is 4.79 Å². The summed E-state index contributed by atoms with van der Waals surface area (Å²) in [5.74, 6) is 0.319. The molecule has 0 N–H and O–H groups in total. The molecule has 0 radical (unpaired) electrons. The van der Waals surface area contributed by atoms with Crippen LogP contribution >= 0.6 is 11.8 Å². The largest absolute Gasteiger partial charge is 0.468 e. The summed E-state index contributed by atoms with van der Waals surface area (Å²) in [6, 6.07) is -1.02. The first kappa shape index (κ1) is 18.4. The number of carbonyl (C=O) groups excluding carboxylic acids is 3. The second-order valence-electron chi connectivity index (χ2n) is 6.13. The van der Waals surface area contributed by atoms with Gasteiger partial charge in [0.05, 0.1) is 13.7 Å². The van der Waals surface area contributed by atoms with Gasteiger partial charge in [-0.3, -0.25) is 19.4 Å². The standard InChI is InChI=1S/C15H23N4O4S/c1-9(2)6-7-19-11-12(16-14(19)24-8-10(20)23-5)17(3)15(22)18(4)13(11)21/h9,11H,6-8H2,1-5H3/q+1. The summed E-state index contributed by atoms with van der Waals surface area (Å²) < 4.78 is 6.54. The molecule has 0 spiro atoms. The molecule has 24 heavy (non-hydrogen) atoms. The van der Waals surface area contributed by atoms with Crippen LogP contribution in [0.5, 0.6) is 0 Å². The Labute approximate surface area is 145 Å². The number of aliphatic imine (C=N–C) groups is 1. The van der Waals surface area contributed by atoms with Gasteiger partial charge in [-0.1, -0.05) is 13.8 Å². The van der Waals surface area contributed by atoms with Gasteiger partial charge in [-0.05, 0) is 29.1 Å². The quantitative estimate of drug-likeness (QED) is 0.533. The number of esters is 1. The van der Waals surface area contributed by atoms with Crippen molar-refractivity contribution in [3.05, 3.63) is 0 Å². The molecule has 3 amide bonds. The Kier molecular flexibility index (Phi) is 5.63. The smallest absolute Gasteiger partial charge is 0.358 e. The lowest BCUT2D eigenvalue weighted by atomic mass is 10.1. The van der Waals surface area contributed by atoms with E-state index in [0.29, 0.717) is 23.5 Å². The second-order valence-corrected chi connectivity index (χ2v) is 7.08. The Morgan fingerprint density at radius 3 is 2.58 bits per heavy atom. The number of methoxy groups -OCH3 is 1. The molecule has 0 aliphatic carbocycles. The van der Waals surface area contributed by atoms with Crippen LogP contribution < -0.4 is 0 Å². The fourth-order valence-electron chi connectivity index (χ4n) is 2.50. The molecule has 2 rings (SSSR count). The van der Waals surface area contributed by atoms with Crippen LogP contribution in [-0.2, 0) is 14.3 Å². The zero-order valence-corrected chi connectivity index (χ0v) is 15.4. The van der Waals surface area contributed by atoms with Gasteiger partial charge in [0.1, 0.15) is 5.75 Å². The number of carbonyl (C=O) groups is 3. The molecule has 2 aliphatic rings. The molecular weight excluding hydrogens is 332 g/mol. The lowest BCUT2D eigenvalue weighted by Crippen LogP contribution is -2.61. The van der Waals surface area contributed by atoms with Crippen LogP contribution in [0.25, 0.3) is 0 Å². The molecule has 0 bridgehead atoms. The highest BCUT2D eigenvalue weighted by molar-refractivity contribution is 8.14. The molecule has 0 aromatic heterocycles. The summed E-state index contributed by atoms with van der Waals surface area (Å²) in [6.45, 7) is 4.83. The van der Waals surface area contributed by atoms with Gasteiger partial charge in [-0.2, -0.15) is 0 Å². The van der Waals surface area contributed by atoms with Crippen LogP contribution in [0.3, 0.4) is 0 Å². The molecular formula is C15H23N4O4S+. The van der Waals surface area contributed by atoms with E-state index in [0.717, 1.165) is 11.3 Å². The highest BCUT2D eigenvalue weighted by Crippen LogP contribution is 2.23. The minimum Gasteiger partial charge on any atom is -0.468 e. The van der Waals surface area contributed by atoms with Crippen LogP contribution in [0.1, 0.15) is 20.3 Å². The Morgan fingerprint density at radius 1 is 1.33 bits per heavy atom. The van der Waals surface area contributed by atoms with E-state index < -0.39 is 12.1 Å². The molecule has 2 heterocycles. The predicted molar refractivity (Wildman–Crippen MR) is 91.2 cm³/mol. The molecule has 9 heteroatoms. The van der Waals surface area contributed by atoms with Crippen LogP contribution in [-0.4, -0.2) is 82.8 Å². The number of amidine groups is 2. The van der Waals surface area contributed by atoms with Gasteiger partial charge < -0.3 is 4.74 Å². The van der Waals surface area contributed by atoms with Crippen molar-refractivity contribution in [3.8, 4) is 0 Å². The Hall–Kier alpha value is -1.90. The molecule has 2 aliphatic heterocycles. The van der Waals surface area contributed by atoms with Crippen molar-refractivity contribution in [1.82, 2.24) is 9.80 Å². The van der Waals surface area contributed by atoms with Crippen molar-refractivity contribution < 1.29 is 23.7 Å². The summed E-state index contributed by atoms with van der Waals surface area (Å²) in [5, 5.41) is 0.573. The maximum absolute atomic E-state index is 12.6. The number of urea groups is 1. The number of likely N-dealkylation sites (N-methyl/N-ethyl adjacent to an activating group) is 2. The number of imide groups is 1. The highest BCUT2D eigenvalue weighted by Gasteiger charge is 2.53. The maximum atomic E-state index is 12.6. The second kappa shape index (κ2) is 7.33. The SMILES string of the molecule is COC(=O)CSC1=[N+](CCC(C)C)C2C(=O)N(C)C(=O)N(C)C2=N1. The summed E-state index contributed by atoms with van der Waals surface area (Å²) in [5.41, 5.74) is 0. The average molecular weight is 355 g/mol. The molecule has 0 aromatic rings. The van der Waals surface area contributed by atoms with Gasteiger partial charge in [-0.15, -0.1) is 0 Å². The van der Waals surface area contributed by atoms with E-state index in [-0.39, 0.29) is 17.6 Å². The number of rotatable bonds is 5. The van der Waals surface area contributed by atoms with E-state index in [2.05, 4.69) is 23.6 Å². The van der Waals surface area contributed by atoms with Gasteiger partial charge in [0.2, 0.25) is 0 Å². The summed E-state index contributed by atoms with van der Waals surface area (Å²) in [7, 11) is 4.40. The molecule has 132 valence electrons. The van der Waals surface area contributed by atoms with Crippen LogP contribution in [0.15, 0.2) is 4.99 Å². The molecule has 1 atom stereocenters. The van der Waals surface area contributed by atoms with Crippen molar-refractivity contribution in [3.63, 3.8) is 0 Å². The zero-order chi connectivity index (χ0) is 18.0. The van der Waals surface area contributed by atoms with E-state index in [9.17, 15) is 14.4 Å². The van der Waals surface area contributed by atoms with Gasteiger partial charge >= 0.3 is 17.2 Å². The Bertz CT molecular complexity index is 629. The topological polar surface area (TPSA) is 82.3 Å². The van der Waals surface area contributed by atoms with Crippen LogP contribution in [0, 0.1) is 5.92 Å². The third kappa shape index (κ3) is 3.45. The number of fused-ring (bicyclic) bond motifs is 1. The first-order valence-electron chi connectivity index (χ1n) is 7.75. The fraction of sp³-hybridized carbons (Fsp3) is 0.667. The van der Waals surface area contributed by atoms with Crippen molar-refractivity contribution >= 4 is 40.7 Å². The lowest BCUT2D eigenvalue weighted by molar-refractivity contribution is -0.534. The van der Waals surface area contributed by atoms with Gasteiger partial charge in [0, 0.05) is 14.1 Å². The highest BCUT2D eigenvalue weighted by atomic mass is 32.2. The summed E-state index contributed by atoms with van der Waals surface area (Å²) >= 11 is 1.22. The molecule has 8 nitrogen and oxygen atoms in total. The zero-order valence-electron chi connectivity index (χ0n) is 14.6. The van der Waals surface area contributed by atoms with Crippen molar-refractivity contribution in [2.24, 2.45) is 10.9 Å². The number of thioether (sulfide) groups is 1. The average Bonchev–Trinajstić information content (AvgIpc) is 2.92. The first-order valence-corrected chi connectivity index (χ1v) is 8.73. The summed E-state index contributed by atoms with van der Waals surface area (Å²) in [6.07, 6.45) is 0.871. The van der Waals surface area contributed by atoms with E-state index in [1.165, 1.54) is 30.8 Å². The third-order valence-corrected chi connectivity index (χ3v) is 4.95. The van der Waals surface area contributed by atoms with Crippen molar-refractivity contribution in [1.29, 1.82) is 0 Å². The van der Waals surface area contributed by atoms with Gasteiger partial charge in [0.25, 0.3) is 17.8 Å². The summed E-state index contributed by atoms with van der Waals surface area (Å²) in [4.78, 5) is 43.1. The lowest BCUT2D eigenvalue weighted by Gasteiger charge is -2.30. The number of ether oxygens (including phenoxy) is 1. The monoisotopic (exact) mass is 355 g/mol. The molecule has 1 fully saturated rings. The Morgan fingerprint density at radius 2 is 2.00 bits per heavy atom. The normalized spacial score (nSPS) is 20.8. The molecule has 0 aromatic carbocycles. The molecule has 0 saturated carbocycles. The van der Waals surface area contributed by atoms with Crippen molar-refractivity contribution in [2.45, 2.75) is 26.3 Å². The fourth-order valence-corrected chi connectivity index (χ4v) is 3.38. The first-order chi connectivity index (χ1) is 11.3. The number of nitrogens with zero attached hydrogens (tertiary/aromatic N) is 4. The minimum atomic E-state index is -0.614. The number of amides is 3. The van der Waals surface area contributed by atoms with Crippen molar-refractivity contribution in [2.75, 3.05) is 33.5 Å². The third-order valence-electron chi connectivity index (χ3n) is 3.99. The number of hydrogen-bond donors (Lipinski definition) is 0. The Balaban J connectivity index is 2.33. The minimum absolute atomic E-state index is 0.106. The molecule has 1 unspecified atom stereocenters. The molecule has 1 saturated heterocycles. The van der Waals surface area contributed by atoms with E-state index in [1.54, 1.807) is 7.05 Å². The van der Waals surface area contributed by atoms with Crippen LogP contribution in [0.2, 0.25) is 0 Å². The maximum Gasteiger partial charge on any atom is 0.358 e. The number of hydrogen-bond acceptors (Lipinski definition) is 6. The van der Waals surface area contributed by atoms with Gasteiger partial charge in [0.15, 0.2) is 0 Å². The van der Waals surface area contributed by atoms with Gasteiger partial charge in [-0.25, -0.2) is 9.37 Å². The van der Waals surface area contributed by atoms with E-state index >= 15 is 0 Å².